The summed E-state index contributed by atoms with van der Waals surface area (Å²) in [5, 5.41) is 11.7. The maximum absolute atomic E-state index is 12.7. The van der Waals surface area contributed by atoms with Crippen LogP contribution >= 0.6 is 0 Å². The van der Waals surface area contributed by atoms with Gasteiger partial charge in [-0.05, 0) is 24.5 Å². The SMILES string of the molecule is O=C(N[C@@H](Cc1cccc(C(F)(F)F)c1)C(=O)O)C1CCCCC1. The van der Waals surface area contributed by atoms with Crippen LogP contribution in [0.15, 0.2) is 24.3 Å². The van der Waals surface area contributed by atoms with Gasteiger partial charge >= 0.3 is 12.1 Å². The number of nitrogens with one attached hydrogen (secondary N) is 1. The van der Waals surface area contributed by atoms with Gasteiger partial charge in [-0.1, -0.05) is 37.5 Å². The second-order valence-electron chi connectivity index (χ2n) is 6.14. The second kappa shape index (κ2) is 7.68. The number of alkyl halides is 3. The highest BCUT2D eigenvalue weighted by molar-refractivity contribution is 5.85. The van der Waals surface area contributed by atoms with Crippen LogP contribution in [0.3, 0.4) is 0 Å². The fourth-order valence-corrected chi connectivity index (χ4v) is 2.96. The van der Waals surface area contributed by atoms with E-state index in [1.807, 2.05) is 0 Å². The largest absolute Gasteiger partial charge is 0.480 e. The molecule has 1 aliphatic carbocycles. The van der Waals surface area contributed by atoms with Crippen molar-refractivity contribution < 1.29 is 27.9 Å². The molecule has 0 aliphatic heterocycles. The number of carboxylic acid groups (broad SMARTS) is 1. The van der Waals surface area contributed by atoms with Gasteiger partial charge in [-0.3, -0.25) is 4.79 Å². The zero-order valence-electron chi connectivity index (χ0n) is 13.1. The molecule has 1 aliphatic rings. The molecular formula is C17H20F3NO3. The first-order valence-electron chi connectivity index (χ1n) is 7.96. The van der Waals surface area contributed by atoms with Crippen LogP contribution in [0.1, 0.15) is 43.2 Å². The van der Waals surface area contributed by atoms with Crippen molar-refractivity contribution in [2.75, 3.05) is 0 Å². The highest BCUT2D eigenvalue weighted by Crippen LogP contribution is 2.30. The van der Waals surface area contributed by atoms with Gasteiger partial charge in [0.25, 0.3) is 0 Å². The number of halogens is 3. The maximum Gasteiger partial charge on any atom is 0.416 e. The Morgan fingerprint density at radius 3 is 2.46 bits per heavy atom. The Morgan fingerprint density at radius 1 is 1.21 bits per heavy atom. The minimum absolute atomic E-state index is 0.183. The number of hydrogen-bond acceptors (Lipinski definition) is 2. The van der Waals surface area contributed by atoms with Gasteiger partial charge in [-0.15, -0.1) is 0 Å². The first-order chi connectivity index (χ1) is 11.3. The van der Waals surface area contributed by atoms with E-state index in [1.165, 1.54) is 12.1 Å². The van der Waals surface area contributed by atoms with Crippen LogP contribution in [-0.2, 0) is 22.2 Å². The molecule has 0 spiro atoms. The van der Waals surface area contributed by atoms with E-state index in [0.717, 1.165) is 44.2 Å². The van der Waals surface area contributed by atoms with Crippen molar-refractivity contribution in [1.29, 1.82) is 0 Å². The van der Waals surface area contributed by atoms with Crippen LogP contribution in [0.25, 0.3) is 0 Å². The second-order valence-corrected chi connectivity index (χ2v) is 6.14. The fourth-order valence-electron chi connectivity index (χ4n) is 2.96. The first kappa shape index (κ1) is 18.3. The number of benzene rings is 1. The summed E-state index contributed by atoms with van der Waals surface area (Å²) < 4.78 is 38.2. The quantitative estimate of drug-likeness (QED) is 0.861. The van der Waals surface area contributed by atoms with Crippen molar-refractivity contribution in [3.05, 3.63) is 35.4 Å². The number of carboxylic acids is 1. The van der Waals surface area contributed by atoms with E-state index in [2.05, 4.69) is 5.32 Å². The lowest BCUT2D eigenvalue weighted by molar-refractivity contribution is -0.142. The lowest BCUT2D eigenvalue weighted by Crippen LogP contribution is -2.45. The fraction of sp³-hybridized carbons (Fsp3) is 0.529. The summed E-state index contributed by atoms with van der Waals surface area (Å²) in [6.45, 7) is 0. The number of carbonyl (C=O) groups excluding carboxylic acids is 1. The van der Waals surface area contributed by atoms with Gasteiger partial charge in [0.2, 0.25) is 5.91 Å². The minimum atomic E-state index is -4.49. The average molecular weight is 343 g/mol. The van der Waals surface area contributed by atoms with E-state index in [4.69, 9.17) is 0 Å². The molecule has 24 heavy (non-hydrogen) atoms. The Balaban J connectivity index is 2.06. The van der Waals surface area contributed by atoms with E-state index in [-0.39, 0.29) is 23.8 Å². The van der Waals surface area contributed by atoms with E-state index in [9.17, 15) is 27.9 Å². The van der Waals surface area contributed by atoms with Crippen LogP contribution in [0.2, 0.25) is 0 Å². The summed E-state index contributed by atoms with van der Waals surface area (Å²) in [6, 6.07) is 3.28. The molecule has 2 N–H and O–H groups in total. The van der Waals surface area contributed by atoms with Crippen LogP contribution < -0.4 is 5.32 Å². The Morgan fingerprint density at radius 2 is 1.88 bits per heavy atom. The molecule has 1 atom stereocenters. The van der Waals surface area contributed by atoms with Crippen LogP contribution in [-0.4, -0.2) is 23.0 Å². The Kier molecular flexibility index (Phi) is 5.85. The Hall–Kier alpha value is -2.05. The zero-order valence-corrected chi connectivity index (χ0v) is 13.1. The van der Waals surface area contributed by atoms with Gasteiger partial charge in [-0.25, -0.2) is 4.79 Å². The zero-order chi connectivity index (χ0) is 17.7. The van der Waals surface area contributed by atoms with E-state index >= 15 is 0 Å². The number of carbonyl (C=O) groups is 2. The molecule has 1 fully saturated rings. The number of rotatable bonds is 5. The third kappa shape index (κ3) is 4.97. The molecule has 1 amide bonds. The number of hydrogen-bond donors (Lipinski definition) is 2. The van der Waals surface area contributed by atoms with Crippen LogP contribution in [0.4, 0.5) is 13.2 Å². The third-order valence-electron chi connectivity index (χ3n) is 4.28. The average Bonchev–Trinajstić information content (AvgIpc) is 2.54. The van der Waals surface area contributed by atoms with E-state index in [1.54, 1.807) is 0 Å². The number of amides is 1. The molecule has 0 bridgehead atoms. The molecule has 1 aromatic rings. The van der Waals surface area contributed by atoms with Crippen LogP contribution in [0, 0.1) is 5.92 Å². The Labute approximate surface area is 138 Å². The summed E-state index contributed by atoms with van der Waals surface area (Å²) in [5.41, 5.74) is -0.607. The van der Waals surface area contributed by atoms with E-state index in [0.29, 0.717) is 0 Å². The highest BCUT2D eigenvalue weighted by atomic mass is 19.4. The maximum atomic E-state index is 12.7. The molecule has 1 aromatic carbocycles. The van der Waals surface area contributed by atoms with Crippen molar-refractivity contribution >= 4 is 11.9 Å². The molecule has 0 heterocycles. The lowest BCUT2D eigenvalue weighted by Gasteiger charge is -2.23. The summed E-state index contributed by atoms with van der Waals surface area (Å²) in [6.07, 6.45) is -0.287. The summed E-state index contributed by atoms with van der Waals surface area (Å²) in [7, 11) is 0. The first-order valence-corrected chi connectivity index (χ1v) is 7.96. The number of aliphatic carboxylic acids is 1. The summed E-state index contributed by atoms with van der Waals surface area (Å²) in [4.78, 5) is 23.5. The summed E-state index contributed by atoms with van der Waals surface area (Å²) >= 11 is 0. The van der Waals surface area contributed by atoms with Gasteiger partial charge in [0.05, 0.1) is 5.56 Å². The predicted molar refractivity (Wildman–Crippen MR) is 81.3 cm³/mol. The summed E-state index contributed by atoms with van der Waals surface area (Å²) in [5.74, 6) is -1.78. The smallest absolute Gasteiger partial charge is 0.416 e. The topological polar surface area (TPSA) is 66.4 Å². The van der Waals surface area contributed by atoms with Gasteiger partial charge in [0.1, 0.15) is 6.04 Å². The molecule has 4 nitrogen and oxygen atoms in total. The predicted octanol–water partition coefficient (Wildman–Crippen LogP) is 3.40. The van der Waals surface area contributed by atoms with Crippen LogP contribution in [0.5, 0.6) is 0 Å². The van der Waals surface area contributed by atoms with Crippen molar-refractivity contribution in [3.63, 3.8) is 0 Å². The molecular weight excluding hydrogens is 323 g/mol. The molecule has 0 radical (unpaired) electrons. The van der Waals surface area contributed by atoms with Crippen molar-refractivity contribution in [2.24, 2.45) is 5.92 Å². The normalized spacial score (nSPS) is 17.3. The Bertz CT molecular complexity index is 595. The molecule has 0 unspecified atom stereocenters. The van der Waals surface area contributed by atoms with Gasteiger partial charge in [-0.2, -0.15) is 13.2 Å². The van der Waals surface area contributed by atoms with Gasteiger partial charge in [0.15, 0.2) is 0 Å². The molecule has 1 saturated carbocycles. The van der Waals surface area contributed by atoms with Gasteiger partial charge < -0.3 is 10.4 Å². The molecule has 132 valence electrons. The van der Waals surface area contributed by atoms with Crippen molar-refractivity contribution in [3.8, 4) is 0 Å². The van der Waals surface area contributed by atoms with Crippen molar-refractivity contribution in [2.45, 2.75) is 50.7 Å². The van der Waals surface area contributed by atoms with Gasteiger partial charge in [0, 0.05) is 12.3 Å². The van der Waals surface area contributed by atoms with Crippen molar-refractivity contribution in [1.82, 2.24) is 5.32 Å². The minimum Gasteiger partial charge on any atom is -0.480 e. The standard InChI is InChI=1S/C17H20F3NO3/c18-17(19,20)13-8-4-5-11(9-13)10-14(16(23)24)21-15(22)12-6-2-1-3-7-12/h4-5,8-9,12,14H,1-3,6-7,10H2,(H,21,22)(H,23,24)/t14-/m0/s1. The lowest BCUT2D eigenvalue weighted by atomic mass is 9.88. The highest BCUT2D eigenvalue weighted by Gasteiger charge is 2.31. The third-order valence-corrected chi connectivity index (χ3v) is 4.28. The molecule has 2 rings (SSSR count). The molecule has 7 heteroatoms. The molecule has 0 aromatic heterocycles. The monoisotopic (exact) mass is 343 g/mol. The van der Waals surface area contributed by atoms with E-state index < -0.39 is 23.8 Å². The molecule has 0 saturated heterocycles.